The molecule has 2 N–H and O–H groups in total. The Bertz CT molecular complexity index is 587. The number of H-pyrrole nitrogens is 1. The molecule has 1 heterocycles. The van der Waals surface area contributed by atoms with E-state index in [1.807, 2.05) is 0 Å². The number of nitrogens with zero attached hydrogens (tertiary/aromatic N) is 2. The van der Waals surface area contributed by atoms with Gasteiger partial charge in [0.05, 0.1) is 0 Å². The van der Waals surface area contributed by atoms with Crippen LogP contribution < -0.4 is 0 Å². The molecule has 6 heteroatoms. The van der Waals surface area contributed by atoms with Crippen molar-refractivity contribution in [2.75, 3.05) is 7.05 Å². The van der Waals surface area contributed by atoms with Crippen molar-refractivity contribution in [1.82, 2.24) is 10.2 Å². The number of hydrogen-bond donors (Lipinski definition) is 2. The molecule has 100 valence electrons. The van der Waals surface area contributed by atoms with Gasteiger partial charge < -0.3 is 5.11 Å². The van der Waals surface area contributed by atoms with Gasteiger partial charge in [-0.05, 0) is 18.8 Å². The van der Waals surface area contributed by atoms with Crippen LogP contribution in [0.4, 0.5) is 4.39 Å². The second-order valence-electron chi connectivity index (χ2n) is 4.31. The Hall–Kier alpha value is -2.24. The number of aromatic carboxylic acids is 1. The number of fused-ring (bicyclic) bond motifs is 1. The van der Waals surface area contributed by atoms with Crippen molar-refractivity contribution in [3.8, 4) is 0 Å². The first-order valence-corrected chi connectivity index (χ1v) is 5.83. The van der Waals surface area contributed by atoms with Gasteiger partial charge >= 0.3 is 5.97 Å². The van der Waals surface area contributed by atoms with E-state index in [-0.39, 0.29) is 11.6 Å². The second kappa shape index (κ2) is 5.17. The van der Waals surface area contributed by atoms with Crippen molar-refractivity contribution in [3.05, 3.63) is 41.3 Å². The van der Waals surface area contributed by atoms with Crippen LogP contribution in [0.25, 0.3) is 0 Å². The molecular formula is C13H14FN3O2. The lowest BCUT2D eigenvalue weighted by Crippen LogP contribution is -2.12. The molecule has 0 amide bonds. The van der Waals surface area contributed by atoms with Gasteiger partial charge in [0.2, 0.25) is 5.97 Å². The van der Waals surface area contributed by atoms with Crippen LogP contribution in [0.1, 0.15) is 21.7 Å². The summed E-state index contributed by atoms with van der Waals surface area (Å²) in [5.41, 5.74) is 1.86. The van der Waals surface area contributed by atoms with Gasteiger partial charge in [0.1, 0.15) is 0 Å². The van der Waals surface area contributed by atoms with E-state index in [2.05, 4.69) is 21.8 Å². The lowest BCUT2D eigenvalue weighted by molar-refractivity contribution is 0.0689. The van der Waals surface area contributed by atoms with Crippen LogP contribution >= 0.6 is 0 Å². The predicted octanol–water partition coefficient (Wildman–Crippen LogP) is 1.93. The summed E-state index contributed by atoms with van der Waals surface area (Å²) >= 11 is 0. The third-order valence-electron chi connectivity index (χ3n) is 3.23. The molecule has 19 heavy (non-hydrogen) atoms. The van der Waals surface area contributed by atoms with E-state index in [4.69, 9.17) is 5.11 Å². The minimum atomic E-state index is -1.07. The highest BCUT2D eigenvalue weighted by Crippen LogP contribution is 2.33. The number of aromatic amines is 1. The zero-order valence-corrected chi connectivity index (χ0v) is 10.5. The SMILES string of the molecule is C=C/C=C(\C(F)=NC)C1Cc2[nH]nc(C(=O)O)c2C1. The molecule has 0 aliphatic heterocycles. The second-order valence-corrected chi connectivity index (χ2v) is 4.31. The van der Waals surface area contributed by atoms with E-state index in [0.29, 0.717) is 24.0 Å². The summed E-state index contributed by atoms with van der Waals surface area (Å²) in [6.45, 7) is 3.56. The first-order chi connectivity index (χ1) is 9.08. The fourth-order valence-corrected chi connectivity index (χ4v) is 2.38. The summed E-state index contributed by atoms with van der Waals surface area (Å²) in [7, 11) is 1.38. The minimum absolute atomic E-state index is 0.0179. The molecule has 0 saturated heterocycles. The van der Waals surface area contributed by atoms with E-state index in [9.17, 15) is 9.18 Å². The highest BCUT2D eigenvalue weighted by atomic mass is 19.1. The van der Waals surface area contributed by atoms with Gasteiger partial charge in [0.15, 0.2) is 5.69 Å². The number of allylic oxidation sites excluding steroid dienone is 3. The third-order valence-corrected chi connectivity index (χ3v) is 3.23. The minimum Gasteiger partial charge on any atom is -0.476 e. The largest absolute Gasteiger partial charge is 0.476 e. The van der Waals surface area contributed by atoms with Gasteiger partial charge in [-0.15, -0.1) is 0 Å². The van der Waals surface area contributed by atoms with Crippen molar-refractivity contribution in [2.24, 2.45) is 10.9 Å². The Morgan fingerprint density at radius 3 is 2.95 bits per heavy atom. The molecule has 2 rings (SSSR count). The molecule has 0 aromatic carbocycles. The van der Waals surface area contributed by atoms with Crippen molar-refractivity contribution >= 4 is 11.9 Å². The topological polar surface area (TPSA) is 78.3 Å². The van der Waals surface area contributed by atoms with Crippen molar-refractivity contribution in [3.63, 3.8) is 0 Å². The van der Waals surface area contributed by atoms with E-state index < -0.39 is 11.9 Å². The number of carboxylic acids is 1. The first kappa shape index (κ1) is 13.2. The molecule has 1 aliphatic rings. The fourth-order valence-electron chi connectivity index (χ4n) is 2.38. The quantitative estimate of drug-likeness (QED) is 0.643. The van der Waals surface area contributed by atoms with Crippen molar-refractivity contribution in [2.45, 2.75) is 12.8 Å². The molecule has 1 atom stereocenters. The summed E-state index contributed by atoms with van der Waals surface area (Å²) in [5.74, 6) is -1.75. The number of carboxylic acid groups (broad SMARTS) is 1. The number of carbonyl (C=O) groups is 1. The lowest BCUT2D eigenvalue weighted by atomic mass is 9.95. The molecule has 5 nitrogen and oxygen atoms in total. The third kappa shape index (κ3) is 2.33. The van der Waals surface area contributed by atoms with Gasteiger partial charge in [-0.2, -0.15) is 9.49 Å². The summed E-state index contributed by atoms with van der Waals surface area (Å²) in [6, 6.07) is 0. The van der Waals surface area contributed by atoms with Crippen LogP contribution in [0.3, 0.4) is 0 Å². The summed E-state index contributed by atoms with van der Waals surface area (Å²) < 4.78 is 13.7. The summed E-state index contributed by atoms with van der Waals surface area (Å²) in [6.07, 6.45) is 4.05. The maximum atomic E-state index is 13.7. The maximum absolute atomic E-state index is 13.7. The maximum Gasteiger partial charge on any atom is 0.356 e. The molecule has 1 aromatic rings. The molecule has 0 fully saturated rings. The predicted molar refractivity (Wildman–Crippen MR) is 69.2 cm³/mol. The standard InChI is InChI=1S/C13H14FN3O2/c1-3-4-8(12(14)15-2)7-5-9-10(6-7)16-17-11(9)13(18)19/h3-4,7H,1,5-6H2,2H3,(H,16,17)(H,18,19)/b8-4-,15-12?. The van der Waals surface area contributed by atoms with Gasteiger partial charge in [0.25, 0.3) is 0 Å². The lowest BCUT2D eigenvalue weighted by Gasteiger charge is -2.11. The smallest absolute Gasteiger partial charge is 0.356 e. The number of rotatable bonds is 4. The average Bonchev–Trinajstić information content (AvgIpc) is 2.93. The molecule has 1 unspecified atom stereocenters. The Morgan fingerprint density at radius 2 is 2.37 bits per heavy atom. The van der Waals surface area contributed by atoms with Gasteiger partial charge in [-0.1, -0.05) is 18.7 Å². The summed E-state index contributed by atoms with van der Waals surface area (Å²) in [4.78, 5) is 14.6. The Balaban J connectivity index is 2.30. The normalized spacial score (nSPS) is 19.4. The van der Waals surface area contributed by atoms with Crippen molar-refractivity contribution < 1.29 is 14.3 Å². The molecule has 0 bridgehead atoms. The Morgan fingerprint density at radius 1 is 1.63 bits per heavy atom. The monoisotopic (exact) mass is 263 g/mol. The van der Waals surface area contributed by atoms with Gasteiger partial charge in [-0.25, -0.2) is 4.79 Å². The van der Waals surface area contributed by atoms with Crippen LogP contribution in [-0.4, -0.2) is 34.3 Å². The van der Waals surface area contributed by atoms with E-state index in [0.717, 1.165) is 5.69 Å². The van der Waals surface area contributed by atoms with Crippen LogP contribution in [0.5, 0.6) is 0 Å². The van der Waals surface area contributed by atoms with Crippen LogP contribution in [0.2, 0.25) is 0 Å². The van der Waals surface area contributed by atoms with Crippen molar-refractivity contribution in [1.29, 1.82) is 0 Å². The zero-order valence-electron chi connectivity index (χ0n) is 10.5. The highest BCUT2D eigenvalue weighted by Gasteiger charge is 2.32. The fraction of sp³-hybridized carbons (Fsp3) is 0.308. The van der Waals surface area contributed by atoms with E-state index in [1.54, 1.807) is 6.08 Å². The zero-order chi connectivity index (χ0) is 14.0. The molecular weight excluding hydrogens is 249 g/mol. The number of nitrogens with one attached hydrogen (secondary N) is 1. The molecule has 0 spiro atoms. The first-order valence-electron chi connectivity index (χ1n) is 5.83. The summed E-state index contributed by atoms with van der Waals surface area (Å²) in [5, 5.41) is 15.5. The number of aromatic nitrogens is 2. The highest BCUT2D eigenvalue weighted by molar-refractivity contribution is 5.94. The number of aliphatic imine (C=N–C) groups is 1. The van der Waals surface area contributed by atoms with Crippen LogP contribution in [0, 0.1) is 5.92 Å². The molecule has 0 saturated carbocycles. The average molecular weight is 263 g/mol. The number of hydrogen-bond acceptors (Lipinski definition) is 3. The van der Waals surface area contributed by atoms with Gasteiger partial charge in [0, 0.05) is 23.9 Å². The molecule has 1 aliphatic carbocycles. The van der Waals surface area contributed by atoms with E-state index >= 15 is 0 Å². The van der Waals surface area contributed by atoms with Gasteiger partial charge in [-0.3, -0.25) is 10.1 Å². The molecule has 0 radical (unpaired) electrons. The van der Waals surface area contributed by atoms with Crippen LogP contribution in [-0.2, 0) is 12.8 Å². The van der Waals surface area contributed by atoms with Crippen LogP contribution in [0.15, 0.2) is 29.3 Å². The Labute approximate surface area is 109 Å². The Kier molecular flexibility index (Phi) is 3.59. The number of halogens is 1. The van der Waals surface area contributed by atoms with E-state index in [1.165, 1.54) is 13.1 Å². The molecule has 1 aromatic heterocycles.